The number of esters is 1. The molecule has 5 heteroatoms. The first kappa shape index (κ1) is 12.5. The Bertz CT molecular complexity index is 587. The molecule has 0 aliphatic carbocycles. The van der Waals surface area contributed by atoms with Crippen molar-refractivity contribution in [3.05, 3.63) is 29.5 Å². The van der Waals surface area contributed by atoms with Gasteiger partial charge in [0.1, 0.15) is 0 Å². The van der Waals surface area contributed by atoms with E-state index in [1.165, 1.54) is 0 Å². The molecule has 0 unspecified atom stereocenters. The van der Waals surface area contributed by atoms with Gasteiger partial charge in [-0.3, -0.25) is 4.40 Å². The summed E-state index contributed by atoms with van der Waals surface area (Å²) >= 11 is 0. The normalized spacial score (nSPS) is 11.2. The fourth-order valence-corrected chi connectivity index (χ4v) is 1.96. The van der Waals surface area contributed by atoms with Crippen molar-refractivity contribution in [3.63, 3.8) is 0 Å². The fourth-order valence-electron chi connectivity index (χ4n) is 1.96. The van der Waals surface area contributed by atoms with Crippen molar-refractivity contribution in [1.29, 1.82) is 0 Å². The topological polar surface area (TPSA) is 56.5 Å². The fraction of sp³-hybridized carbons (Fsp3) is 0.462. The van der Waals surface area contributed by atoms with Crippen LogP contribution >= 0.6 is 0 Å². The van der Waals surface area contributed by atoms with Crippen LogP contribution in [0.2, 0.25) is 0 Å². The van der Waals surface area contributed by atoms with Gasteiger partial charge in [0, 0.05) is 11.9 Å². The number of nitrogens with zero attached hydrogens (tertiary/aromatic N) is 3. The zero-order valence-corrected chi connectivity index (χ0v) is 11.1. The first-order chi connectivity index (χ1) is 8.54. The highest BCUT2D eigenvalue weighted by Gasteiger charge is 2.16. The van der Waals surface area contributed by atoms with Crippen LogP contribution in [0.5, 0.6) is 0 Å². The van der Waals surface area contributed by atoms with Crippen LogP contribution in [0.1, 0.15) is 48.6 Å². The van der Waals surface area contributed by atoms with Crippen LogP contribution in [0.25, 0.3) is 5.65 Å². The molecule has 0 spiro atoms. The second-order valence-corrected chi connectivity index (χ2v) is 4.49. The van der Waals surface area contributed by atoms with Gasteiger partial charge in [-0.15, -0.1) is 0 Å². The van der Waals surface area contributed by atoms with Crippen molar-refractivity contribution in [1.82, 2.24) is 14.4 Å². The average molecular weight is 247 g/mol. The number of imidazole rings is 1. The first-order valence-electron chi connectivity index (χ1n) is 6.06. The lowest BCUT2D eigenvalue weighted by Crippen LogP contribution is -2.10. The van der Waals surface area contributed by atoms with E-state index in [2.05, 4.69) is 23.8 Å². The number of aromatic nitrogens is 3. The standard InChI is InChI=1S/C13H17N3O2/c1-5-18-13(17)12-14-6-10-15-11(8(2)3)9(4)7-16(10)12/h6-8H,5H2,1-4H3. The SMILES string of the molecule is CCOC(=O)c1ncc2nc(C(C)C)c(C)cn12. The Hall–Kier alpha value is -1.91. The van der Waals surface area contributed by atoms with Crippen molar-refractivity contribution >= 4 is 11.6 Å². The van der Waals surface area contributed by atoms with E-state index in [-0.39, 0.29) is 5.82 Å². The molecule has 0 atom stereocenters. The molecule has 2 aromatic heterocycles. The molecule has 0 radical (unpaired) electrons. The van der Waals surface area contributed by atoms with Crippen molar-refractivity contribution < 1.29 is 9.53 Å². The molecule has 0 aliphatic rings. The van der Waals surface area contributed by atoms with Gasteiger partial charge in [-0.1, -0.05) is 13.8 Å². The van der Waals surface area contributed by atoms with E-state index in [1.807, 2.05) is 13.1 Å². The molecule has 0 fully saturated rings. The molecular weight excluding hydrogens is 230 g/mol. The van der Waals surface area contributed by atoms with E-state index in [4.69, 9.17) is 4.74 Å². The number of rotatable bonds is 3. The van der Waals surface area contributed by atoms with Gasteiger partial charge in [0.25, 0.3) is 0 Å². The van der Waals surface area contributed by atoms with Crippen LogP contribution in [-0.4, -0.2) is 26.9 Å². The van der Waals surface area contributed by atoms with Gasteiger partial charge in [-0.05, 0) is 25.3 Å². The van der Waals surface area contributed by atoms with Gasteiger partial charge in [-0.25, -0.2) is 14.8 Å². The van der Waals surface area contributed by atoms with E-state index < -0.39 is 5.97 Å². The van der Waals surface area contributed by atoms with Crippen molar-refractivity contribution in [3.8, 4) is 0 Å². The minimum atomic E-state index is -0.420. The zero-order valence-electron chi connectivity index (χ0n) is 11.1. The number of fused-ring (bicyclic) bond motifs is 1. The second-order valence-electron chi connectivity index (χ2n) is 4.49. The van der Waals surface area contributed by atoms with Gasteiger partial charge in [0.15, 0.2) is 5.65 Å². The molecule has 0 saturated carbocycles. The number of carbonyl (C=O) groups is 1. The van der Waals surface area contributed by atoms with Crippen LogP contribution in [0.4, 0.5) is 0 Å². The third-order valence-corrected chi connectivity index (χ3v) is 2.74. The van der Waals surface area contributed by atoms with E-state index in [0.717, 1.165) is 11.3 Å². The molecule has 18 heavy (non-hydrogen) atoms. The number of ether oxygens (including phenoxy) is 1. The molecule has 96 valence electrons. The summed E-state index contributed by atoms with van der Waals surface area (Å²) in [7, 11) is 0. The minimum absolute atomic E-state index is 0.276. The summed E-state index contributed by atoms with van der Waals surface area (Å²) in [6.45, 7) is 8.28. The van der Waals surface area contributed by atoms with Gasteiger partial charge in [0.05, 0.1) is 12.8 Å². The summed E-state index contributed by atoms with van der Waals surface area (Å²) in [6, 6.07) is 0. The molecule has 2 rings (SSSR count). The van der Waals surface area contributed by atoms with Gasteiger partial charge in [0.2, 0.25) is 5.82 Å². The average Bonchev–Trinajstić information content (AvgIpc) is 2.70. The summed E-state index contributed by atoms with van der Waals surface area (Å²) < 4.78 is 6.64. The quantitative estimate of drug-likeness (QED) is 0.781. The summed E-state index contributed by atoms with van der Waals surface area (Å²) in [5, 5.41) is 0. The lowest BCUT2D eigenvalue weighted by atomic mass is 10.1. The van der Waals surface area contributed by atoms with Crippen LogP contribution in [0, 0.1) is 6.92 Å². The van der Waals surface area contributed by atoms with Crippen molar-refractivity contribution in [2.45, 2.75) is 33.6 Å². The Labute approximate surface area is 106 Å². The van der Waals surface area contributed by atoms with Crippen LogP contribution in [-0.2, 0) is 4.74 Å². The van der Waals surface area contributed by atoms with Crippen LogP contribution in [0.3, 0.4) is 0 Å². The van der Waals surface area contributed by atoms with Gasteiger partial charge >= 0.3 is 5.97 Å². The molecule has 2 aromatic rings. The Morgan fingerprint density at radius 1 is 1.50 bits per heavy atom. The largest absolute Gasteiger partial charge is 0.460 e. The smallest absolute Gasteiger partial charge is 0.374 e. The molecule has 0 aliphatic heterocycles. The monoisotopic (exact) mass is 247 g/mol. The maximum atomic E-state index is 11.7. The minimum Gasteiger partial charge on any atom is -0.460 e. The Balaban J connectivity index is 2.54. The highest BCUT2D eigenvalue weighted by Crippen LogP contribution is 2.18. The Morgan fingerprint density at radius 2 is 2.22 bits per heavy atom. The zero-order chi connectivity index (χ0) is 13.3. The highest BCUT2D eigenvalue weighted by molar-refractivity contribution is 5.86. The predicted molar refractivity (Wildman–Crippen MR) is 67.8 cm³/mol. The third-order valence-electron chi connectivity index (χ3n) is 2.74. The van der Waals surface area contributed by atoms with E-state index in [0.29, 0.717) is 18.2 Å². The maximum Gasteiger partial charge on any atom is 0.374 e. The lowest BCUT2D eigenvalue weighted by molar-refractivity contribution is 0.0511. The van der Waals surface area contributed by atoms with E-state index >= 15 is 0 Å². The van der Waals surface area contributed by atoms with E-state index in [9.17, 15) is 4.79 Å². The van der Waals surface area contributed by atoms with Crippen LogP contribution in [0.15, 0.2) is 12.4 Å². The number of aryl methyl sites for hydroxylation is 1. The van der Waals surface area contributed by atoms with E-state index in [1.54, 1.807) is 17.5 Å². The number of hydrogen-bond donors (Lipinski definition) is 0. The third kappa shape index (κ3) is 2.08. The highest BCUT2D eigenvalue weighted by atomic mass is 16.5. The molecule has 0 N–H and O–H groups in total. The summed E-state index contributed by atoms with van der Waals surface area (Å²) in [4.78, 5) is 20.3. The van der Waals surface area contributed by atoms with Gasteiger partial charge in [-0.2, -0.15) is 0 Å². The summed E-state index contributed by atoms with van der Waals surface area (Å²) in [6.07, 6.45) is 3.48. The Morgan fingerprint density at radius 3 is 2.83 bits per heavy atom. The van der Waals surface area contributed by atoms with Crippen molar-refractivity contribution in [2.75, 3.05) is 6.61 Å². The first-order valence-corrected chi connectivity index (χ1v) is 6.06. The van der Waals surface area contributed by atoms with Gasteiger partial charge < -0.3 is 4.74 Å². The molecule has 0 bridgehead atoms. The molecule has 2 heterocycles. The Kier molecular flexibility index (Phi) is 3.32. The molecule has 0 amide bonds. The van der Waals surface area contributed by atoms with Crippen molar-refractivity contribution in [2.24, 2.45) is 0 Å². The summed E-state index contributed by atoms with van der Waals surface area (Å²) in [5.74, 6) is 0.199. The second kappa shape index (κ2) is 4.76. The maximum absolute atomic E-state index is 11.7. The molecule has 0 saturated heterocycles. The lowest BCUT2D eigenvalue weighted by Gasteiger charge is -2.09. The predicted octanol–water partition coefficient (Wildman–Crippen LogP) is 2.34. The van der Waals surface area contributed by atoms with Crippen LogP contribution < -0.4 is 0 Å². The molecular formula is C13H17N3O2. The number of carbonyl (C=O) groups excluding carboxylic acids is 1. The number of hydrogen-bond acceptors (Lipinski definition) is 4. The summed E-state index contributed by atoms with van der Waals surface area (Å²) in [5.41, 5.74) is 2.74. The molecule has 0 aromatic carbocycles. The molecule has 5 nitrogen and oxygen atoms in total.